The average molecular weight is 375 g/mol. The van der Waals surface area contributed by atoms with Gasteiger partial charge in [-0.1, -0.05) is 5.21 Å². The van der Waals surface area contributed by atoms with Crippen molar-refractivity contribution >= 4 is 11.9 Å². The van der Waals surface area contributed by atoms with E-state index in [0.717, 1.165) is 37.9 Å². The second kappa shape index (κ2) is 11.0. The van der Waals surface area contributed by atoms with Crippen molar-refractivity contribution in [3.63, 3.8) is 0 Å². The van der Waals surface area contributed by atoms with E-state index >= 15 is 0 Å². The summed E-state index contributed by atoms with van der Waals surface area (Å²) in [6, 6.07) is 1.51. The van der Waals surface area contributed by atoms with E-state index < -0.39 is 5.97 Å². The molecule has 2 heterocycles. The van der Waals surface area contributed by atoms with Crippen LogP contribution >= 0.6 is 0 Å². The van der Waals surface area contributed by atoms with Crippen LogP contribution in [0.2, 0.25) is 0 Å². The molecule has 0 unspecified atom stereocenters. The Kier molecular flexibility index (Phi) is 8.37. The Balaban J connectivity index is 1.62. The van der Waals surface area contributed by atoms with Gasteiger partial charge in [0.25, 0.3) is 0 Å². The molecular weight excluding hydrogens is 350 g/mol. The lowest BCUT2D eigenvalue weighted by Crippen LogP contribution is -2.22. The molecule has 0 radical (unpaired) electrons. The number of rotatable bonds is 12. The van der Waals surface area contributed by atoms with Gasteiger partial charge in [-0.25, -0.2) is 4.79 Å². The molecule has 0 spiro atoms. The number of carboxylic acids is 1. The van der Waals surface area contributed by atoms with Crippen molar-refractivity contribution in [1.82, 2.24) is 25.3 Å². The third-order valence-electron chi connectivity index (χ3n) is 3.94. The molecule has 0 saturated heterocycles. The zero-order valence-corrected chi connectivity index (χ0v) is 15.4. The van der Waals surface area contributed by atoms with Crippen LogP contribution in [0.3, 0.4) is 0 Å². The minimum atomic E-state index is -1.04. The Bertz CT molecular complexity index is 747. The summed E-state index contributed by atoms with van der Waals surface area (Å²) in [5, 5.41) is 19.9. The van der Waals surface area contributed by atoms with E-state index in [0.29, 0.717) is 18.6 Å². The first-order valence-electron chi connectivity index (χ1n) is 8.90. The van der Waals surface area contributed by atoms with E-state index in [1.807, 2.05) is 6.20 Å². The van der Waals surface area contributed by atoms with Crippen LogP contribution in [0.4, 0.5) is 0 Å². The van der Waals surface area contributed by atoms with E-state index in [2.05, 4.69) is 20.6 Å². The van der Waals surface area contributed by atoms with Crippen LogP contribution in [0, 0.1) is 0 Å². The summed E-state index contributed by atoms with van der Waals surface area (Å²) in [7, 11) is 1.67. The standard InChI is InChI=1S/C18H25N5O4/c1-27-8-4-7-23-13-16(21-22-23)5-2-3-6-17(24)20-11-14-9-15(18(25)26)12-19-10-14/h9-10,12-13H,2-8,11H2,1H3,(H,20,24)(H,25,26). The van der Waals surface area contributed by atoms with Gasteiger partial charge in [0.1, 0.15) is 0 Å². The maximum Gasteiger partial charge on any atom is 0.337 e. The van der Waals surface area contributed by atoms with Crippen LogP contribution in [0.25, 0.3) is 0 Å². The third kappa shape index (κ3) is 7.53. The number of carboxylic acid groups (broad SMARTS) is 1. The number of amides is 1. The molecule has 9 nitrogen and oxygen atoms in total. The molecule has 0 fully saturated rings. The third-order valence-corrected chi connectivity index (χ3v) is 3.94. The number of hydrogen-bond donors (Lipinski definition) is 2. The Hall–Kier alpha value is -2.81. The van der Waals surface area contributed by atoms with Crippen molar-refractivity contribution in [3.8, 4) is 0 Å². The molecule has 2 rings (SSSR count). The SMILES string of the molecule is COCCCn1cc(CCCCC(=O)NCc2cncc(C(=O)O)c2)nn1. The van der Waals surface area contributed by atoms with E-state index in [9.17, 15) is 9.59 Å². The van der Waals surface area contributed by atoms with Gasteiger partial charge < -0.3 is 15.2 Å². The van der Waals surface area contributed by atoms with Gasteiger partial charge in [0.05, 0.1) is 11.3 Å². The quantitative estimate of drug-likeness (QED) is 0.539. The topological polar surface area (TPSA) is 119 Å². The number of ether oxygens (including phenoxy) is 1. The fraction of sp³-hybridized carbons (Fsp3) is 0.500. The number of aromatic carboxylic acids is 1. The lowest BCUT2D eigenvalue weighted by atomic mass is 10.1. The highest BCUT2D eigenvalue weighted by atomic mass is 16.5. The lowest BCUT2D eigenvalue weighted by Gasteiger charge is -2.05. The molecule has 2 aromatic rings. The molecule has 0 aliphatic rings. The zero-order valence-electron chi connectivity index (χ0n) is 15.4. The van der Waals surface area contributed by atoms with Crippen molar-refractivity contribution in [2.75, 3.05) is 13.7 Å². The molecule has 0 bridgehead atoms. The minimum absolute atomic E-state index is 0.0704. The van der Waals surface area contributed by atoms with Crippen LogP contribution in [-0.2, 0) is 29.0 Å². The molecule has 1 amide bonds. The molecular formula is C18H25N5O4. The molecule has 9 heteroatoms. The largest absolute Gasteiger partial charge is 0.478 e. The van der Waals surface area contributed by atoms with E-state index in [1.165, 1.54) is 12.3 Å². The van der Waals surface area contributed by atoms with Gasteiger partial charge in [-0.2, -0.15) is 0 Å². The van der Waals surface area contributed by atoms with Crippen LogP contribution < -0.4 is 5.32 Å². The molecule has 2 aromatic heterocycles. The van der Waals surface area contributed by atoms with Crippen LogP contribution in [-0.4, -0.2) is 50.7 Å². The second-order valence-electron chi connectivity index (χ2n) is 6.19. The summed E-state index contributed by atoms with van der Waals surface area (Å²) in [5.41, 5.74) is 1.69. The van der Waals surface area contributed by atoms with Gasteiger partial charge >= 0.3 is 5.97 Å². The number of hydrogen-bond acceptors (Lipinski definition) is 6. The van der Waals surface area contributed by atoms with Gasteiger partial charge in [-0.3, -0.25) is 14.5 Å². The Morgan fingerprint density at radius 3 is 2.89 bits per heavy atom. The number of unbranched alkanes of at least 4 members (excludes halogenated alkanes) is 1. The maximum atomic E-state index is 11.9. The number of carbonyl (C=O) groups excluding carboxylic acids is 1. The number of aryl methyl sites for hydroxylation is 2. The molecule has 0 atom stereocenters. The maximum absolute atomic E-state index is 11.9. The van der Waals surface area contributed by atoms with Gasteiger partial charge in [0.15, 0.2) is 0 Å². The highest BCUT2D eigenvalue weighted by Gasteiger charge is 2.07. The monoisotopic (exact) mass is 375 g/mol. The highest BCUT2D eigenvalue weighted by molar-refractivity contribution is 5.87. The summed E-state index contributed by atoms with van der Waals surface area (Å²) >= 11 is 0. The molecule has 27 heavy (non-hydrogen) atoms. The predicted molar refractivity (Wildman–Crippen MR) is 97.1 cm³/mol. The first-order chi connectivity index (χ1) is 13.1. The van der Waals surface area contributed by atoms with Crippen molar-refractivity contribution < 1.29 is 19.4 Å². The predicted octanol–water partition coefficient (Wildman–Crippen LogP) is 1.44. The van der Waals surface area contributed by atoms with Gasteiger partial charge in [0.2, 0.25) is 5.91 Å². The molecule has 0 aliphatic heterocycles. The Morgan fingerprint density at radius 2 is 2.11 bits per heavy atom. The smallest absolute Gasteiger partial charge is 0.337 e. The number of nitrogens with zero attached hydrogens (tertiary/aromatic N) is 4. The summed E-state index contributed by atoms with van der Waals surface area (Å²) in [6.45, 7) is 1.74. The first kappa shape index (κ1) is 20.5. The summed E-state index contributed by atoms with van der Waals surface area (Å²) in [5.74, 6) is -1.11. The van der Waals surface area contributed by atoms with Gasteiger partial charge in [-0.05, 0) is 37.3 Å². The number of pyridine rings is 1. The van der Waals surface area contributed by atoms with Gasteiger partial charge in [0, 0.05) is 51.8 Å². The molecule has 146 valence electrons. The lowest BCUT2D eigenvalue weighted by molar-refractivity contribution is -0.121. The number of carbonyl (C=O) groups is 2. The number of methoxy groups -OCH3 is 1. The Morgan fingerprint density at radius 1 is 1.26 bits per heavy atom. The Labute approximate surface area is 157 Å². The fourth-order valence-corrected chi connectivity index (χ4v) is 2.52. The van der Waals surface area contributed by atoms with Crippen molar-refractivity contribution in [2.24, 2.45) is 0 Å². The fourth-order valence-electron chi connectivity index (χ4n) is 2.52. The highest BCUT2D eigenvalue weighted by Crippen LogP contribution is 2.05. The van der Waals surface area contributed by atoms with Crippen molar-refractivity contribution in [1.29, 1.82) is 0 Å². The van der Waals surface area contributed by atoms with Crippen LogP contribution in [0.1, 0.15) is 47.3 Å². The summed E-state index contributed by atoms with van der Waals surface area (Å²) < 4.78 is 6.81. The normalized spacial score (nSPS) is 10.7. The molecule has 2 N–H and O–H groups in total. The second-order valence-corrected chi connectivity index (χ2v) is 6.19. The van der Waals surface area contributed by atoms with Crippen molar-refractivity contribution in [3.05, 3.63) is 41.5 Å². The average Bonchev–Trinajstić information content (AvgIpc) is 3.12. The van der Waals surface area contributed by atoms with Crippen molar-refractivity contribution in [2.45, 2.75) is 45.2 Å². The molecule has 0 aliphatic carbocycles. The zero-order chi connectivity index (χ0) is 19.5. The number of nitrogens with one attached hydrogen (secondary N) is 1. The van der Waals surface area contributed by atoms with E-state index in [4.69, 9.17) is 9.84 Å². The minimum Gasteiger partial charge on any atom is -0.478 e. The van der Waals surface area contributed by atoms with Crippen LogP contribution in [0.5, 0.6) is 0 Å². The molecule has 0 saturated carbocycles. The van der Waals surface area contributed by atoms with Crippen LogP contribution in [0.15, 0.2) is 24.7 Å². The van der Waals surface area contributed by atoms with E-state index in [1.54, 1.807) is 18.0 Å². The van der Waals surface area contributed by atoms with Gasteiger partial charge in [-0.15, -0.1) is 5.10 Å². The summed E-state index contributed by atoms with van der Waals surface area (Å²) in [6.07, 6.45) is 8.43. The number of aromatic nitrogens is 4. The van der Waals surface area contributed by atoms with E-state index in [-0.39, 0.29) is 18.0 Å². The first-order valence-corrected chi connectivity index (χ1v) is 8.90. The summed E-state index contributed by atoms with van der Waals surface area (Å²) in [4.78, 5) is 26.7. The molecule has 0 aromatic carbocycles.